The van der Waals surface area contributed by atoms with E-state index in [9.17, 15) is 0 Å². The molecule has 1 saturated heterocycles. The molecule has 9 heteroatoms. The van der Waals surface area contributed by atoms with E-state index in [1.165, 1.54) is 0 Å². The van der Waals surface area contributed by atoms with Crippen LogP contribution in [-0.2, 0) is 4.74 Å². The molecular weight excluding hydrogens is 346 g/mol. The molecule has 0 radical (unpaired) electrons. The summed E-state index contributed by atoms with van der Waals surface area (Å²) in [5.41, 5.74) is 7.11. The summed E-state index contributed by atoms with van der Waals surface area (Å²) in [5.74, 6) is 1.45. The lowest BCUT2D eigenvalue weighted by Gasteiger charge is -2.36. The van der Waals surface area contributed by atoms with Gasteiger partial charge in [0.2, 0.25) is 17.8 Å². The molecule has 1 saturated carbocycles. The molecule has 1 aliphatic heterocycles. The van der Waals surface area contributed by atoms with Gasteiger partial charge in [-0.25, -0.2) is 15.0 Å². The molecule has 2 aliphatic rings. The van der Waals surface area contributed by atoms with Crippen molar-refractivity contribution in [2.75, 3.05) is 37.4 Å². The molecule has 144 valence electrons. The zero-order chi connectivity index (χ0) is 18.8. The molecule has 2 aromatic heterocycles. The fourth-order valence-corrected chi connectivity index (χ4v) is 3.31. The van der Waals surface area contributed by atoms with Crippen LogP contribution in [0, 0.1) is 0 Å². The van der Waals surface area contributed by atoms with Crippen LogP contribution >= 0.6 is 0 Å². The molecule has 0 bridgehead atoms. The molecule has 2 fully saturated rings. The van der Waals surface area contributed by atoms with E-state index in [2.05, 4.69) is 32.1 Å². The second-order valence-corrected chi connectivity index (χ2v) is 7.04. The highest BCUT2D eigenvalue weighted by molar-refractivity contribution is 5.60. The van der Waals surface area contributed by atoms with Crippen molar-refractivity contribution in [3.63, 3.8) is 0 Å². The van der Waals surface area contributed by atoms with Crippen molar-refractivity contribution < 1.29 is 9.47 Å². The number of nitrogens with zero attached hydrogens (tertiary/aromatic N) is 5. The van der Waals surface area contributed by atoms with Gasteiger partial charge in [-0.2, -0.15) is 4.98 Å². The Kier molecular flexibility index (Phi) is 5.04. The van der Waals surface area contributed by atoms with E-state index in [-0.39, 0.29) is 18.1 Å². The van der Waals surface area contributed by atoms with Gasteiger partial charge in [0, 0.05) is 36.6 Å². The van der Waals surface area contributed by atoms with Crippen LogP contribution in [0.3, 0.4) is 0 Å². The van der Waals surface area contributed by atoms with Gasteiger partial charge in [0.15, 0.2) is 0 Å². The summed E-state index contributed by atoms with van der Waals surface area (Å²) in [6.45, 7) is 4.16. The van der Waals surface area contributed by atoms with E-state index in [0.29, 0.717) is 31.1 Å². The molecule has 0 spiro atoms. The van der Waals surface area contributed by atoms with E-state index in [0.717, 1.165) is 30.6 Å². The number of nitrogens with one attached hydrogen (secondary N) is 1. The molecular formula is C18H25N7O2. The van der Waals surface area contributed by atoms with E-state index in [1.54, 1.807) is 12.4 Å². The number of rotatable bonds is 5. The summed E-state index contributed by atoms with van der Waals surface area (Å²) in [7, 11) is 1.97. The number of hydrogen-bond donors (Lipinski definition) is 2. The summed E-state index contributed by atoms with van der Waals surface area (Å²) < 4.78 is 11.7. The van der Waals surface area contributed by atoms with Gasteiger partial charge < -0.3 is 25.4 Å². The molecule has 4 rings (SSSR count). The van der Waals surface area contributed by atoms with Gasteiger partial charge in [-0.05, 0) is 26.8 Å². The highest BCUT2D eigenvalue weighted by Gasteiger charge is 2.30. The van der Waals surface area contributed by atoms with Gasteiger partial charge in [0.05, 0.1) is 24.9 Å². The second kappa shape index (κ2) is 7.61. The van der Waals surface area contributed by atoms with Crippen LogP contribution in [0.5, 0.6) is 5.88 Å². The minimum absolute atomic E-state index is 0.169. The number of anilines is 2. The third kappa shape index (κ3) is 3.93. The molecule has 3 N–H and O–H groups in total. The standard InChI is InChI=1S/C18H25N7O2/c1-11-10-26-4-3-25(11)18-23-15(12-8-21-17(19)22-9-12)7-16(24-18)27-14-5-13(6-14)20-2/h7-9,11,13-14,20H,3-6,10H2,1-2H3,(H2,19,21,22)/t11-,13?,14?/m0/s1. The first kappa shape index (κ1) is 17.9. The fourth-order valence-electron chi connectivity index (χ4n) is 3.31. The third-order valence-electron chi connectivity index (χ3n) is 5.07. The molecule has 1 aliphatic carbocycles. The van der Waals surface area contributed by atoms with Crippen molar-refractivity contribution >= 4 is 11.9 Å². The predicted molar refractivity (Wildman–Crippen MR) is 102 cm³/mol. The lowest BCUT2D eigenvalue weighted by molar-refractivity contribution is 0.0830. The summed E-state index contributed by atoms with van der Waals surface area (Å²) in [5, 5.41) is 3.27. The molecule has 2 aromatic rings. The Bertz CT molecular complexity index is 780. The van der Waals surface area contributed by atoms with E-state index in [1.807, 2.05) is 13.1 Å². The van der Waals surface area contributed by atoms with Crippen LogP contribution in [-0.4, -0.2) is 64.9 Å². The van der Waals surface area contributed by atoms with Gasteiger partial charge in [-0.1, -0.05) is 0 Å². The largest absolute Gasteiger partial charge is 0.474 e. The Morgan fingerprint density at radius 3 is 2.74 bits per heavy atom. The smallest absolute Gasteiger partial charge is 0.229 e. The molecule has 0 amide bonds. The number of ether oxygens (including phenoxy) is 2. The van der Waals surface area contributed by atoms with Crippen LogP contribution in [0.25, 0.3) is 11.3 Å². The minimum atomic E-state index is 0.169. The highest BCUT2D eigenvalue weighted by Crippen LogP contribution is 2.29. The number of nitrogen functional groups attached to an aromatic ring is 1. The first-order chi connectivity index (χ1) is 13.1. The van der Waals surface area contributed by atoms with Crippen LogP contribution < -0.4 is 20.7 Å². The molecule has 3 heterocycles. The second-order valence-electron chi connectivity index (χ2n) is 7.04. The summed E-state index contributed by atoms with van der Waals surface area (Å²) in [6, 6.07) is 2.55. The van der Waals surface area contributed by atoms with Crippen molar-refractivity contribution in [2.24, 2.45) is 0 Å². The van der Waals surface area contributed by atoms with Gasteiger partial charge in [-0.3, -0.25) is 0 Å². The molecule has 1 atom stereocenters. The molecule has 27 heavy (non-hydrogen) atoms. The van der Waals surface area contributed by atoms with Crippen LogP contribution in [0.4, 0.5) is 11.9 Å². The van der Waals surface area contributed by atoms with Gasteiger partial charge in [0.25, 0.3) is 0 Å². The van der Waals surface area contributed by atoms with Crippen LogP contribution in [0.2, 0.25) is 0 Å². The van der Waals surface area contributed by atoms with Gasteiger partial charge in [-0.15, -0.1) is 0 Å². The van der Waals surface area contributed by atoms with Crippen molar-refractivity contribution in [1.82, 2.24) is 25.3 Å². The molecule has 9 nitrogen and oxygen atoms in total. The van der Waals surface area contributed by atoms with E-state index < -0.39 is 0 Å². The maximum absolute atomic E-state index is 6.12. The van der Waals surface area contributed by atoms with Gasteiger partial charge in [0.1, 0.15) is 6.10 Å². The van der Waals surface area contributed by atoms with Crippen molar-refractivity contribution in [1.29, 1.82) is 0 Å². The SMILES string of the molecule is CNC1CC(Oc2cc(-c3cnc(N)nc3)nc(N3CCOC[C@@H]3C)n2)C1. The minimum Gasteiger partial charge on any atom is -0.474 e. The Labute approximate surface area is 158 Å². The monoisotopic (exact) mass is 371 g/mol. The number of aromatic nitrogens is 4. The molecule has 0 aromatic carbocycles. The summed E-state index contributed by atoms with van der Waals surface area (Å²) in [6.07, 6.45) is 5.46. The van der Waals surface area contributed by atoms with Crippen LogP contribution in [0.1, 0.15) is 19.8 Å². The third-order valence-corrected chi connectivity index (χ3v) is 5.07. The first-order valence-corrected chi connectivity index (χ1v) is 9.27. The van der Waals surface area contributed by atoms with Crippen molar-refractivity contribution in [3.8, 4) is 17.1 Å². The normalized spacial score (nSPS) is 25.1. The number of morpholine rings is 1. The zero-order valence-corrected chi connectivity index (χ0v) is 15.6. The Hall–Kier alpha value is -2.52. The van der Waals surface area contributed by atoms with Gasteiger partial charge >= 0.3 is 0 Å². The first-order valence-electron chi connectivity index (χ1n) is 9.27. The summed E-state index contributed by atoms with van der Waals surface area (Å²) in [4.78, 5) is 19.7. The van der Waals surface area contributed by atoms with E-state index in [4.69, 9.17) is 20.2 Å². The predicted octanol–water partition coefficient (Wildman–Crippen LogP) is 0.870. The Morgan fingerprint density at radius 1 is 1.26 bits per heavy atom. The quantitative estimate of drug-likeness (QED) is 0.790. The molecule has 0 unspecified atom stereocenters. The fraction of sp³-hybridized carbons (Fsp3) is 0.556. The highest BCUT2D eigenvalue weighted by atomic mass is 16.5. The Morgan fingerprint density at radius 2 is 2.04 bits per heavy atom. The maximum Gasteiger partial charge on any atom is 0.229 e. The lowest BCUT2D eigenvalue weighted by Crippen LogP contribution is -2.46. The number of hydrogen-bond acceptors (Lipinski definition) is 9. The Balaban J connectivity index is 1.64. The van der Waals surface area contributed by atoms with Crippen LogP contribution in [0.15, 0.2) is 18.5 Å². The summed E-state index contributed by atoms with van der Waals surface area (Å²) >= 11 is 0. The zero-order valence-electron chi connectivity index (χ0n) is 15.6. The topological polar surface area (TPSA) is 111 Å². The van der Waals surface area contributed by atoms with E-state index >= 15 is 0 Å². The van der Waals surface area contributed by atoms with Crippen molar-refractivity contribution in [2.45, 2.75) is 38.0 Å². The number of nitrogens with two attached hydrogens (primary N) is 1. The average molecular weight is 371 g/mol. The van der Waals surface area contributed by atoms with Crippen molar-refractivity contribution in [3.05, 3.63) is 18.5 Å². The lowest BCUT2D eigenvalue weighted by atomic mass is 9.89. The maximum atomic E-state index is 6.12. The average Bonchev–Trinajstić information content (AvgIpc) is 2.65.